The highest BCUT2D eigenvalue weighted by atomic mass is 35.5. The summed E-state index contributed by atoms with van der Waals surface area (Å²) in [4.78, 5) is 13.8. The molecule has 1 rings (SSSR count). The average molecular weight is 255 g/mol. The van der Waals surface area contributed by atoms with Crippen LogP contribution in [0.4, 0.5) is 11.4 Å². The second-order valence-electron chi connectivity index (χ2n) is 4.35. The third kappa shape index (κ3) is 3.63. The highest BCUT2D eigenvalue weighted by Crippen LogP contribution is 2.28. The third-order valence-electron chi connectivity index (χ3n) is 2.76. The topological polar surface area (TPSA) is 32.3 Å². The summed E-state index contributed by atoms with van der Waals surface area (Å²) in [5.74, 6) is 0.0295. The van der Waals surface area contributed by atoms with Crippen molar-refractivity contribution in [1.82, 2.24) is 0 Å². The molecule has 1 atom stereocenters. The highest BCUT2D eigenvalue weighted by molar-refractivity contribution is 6.31. The number of hydrogen-bond acceptors (Lipinski definition) is 2. The van der Waals surface area contributed by atoms with E-state index in [1.54, 1.807) is 6.07 Å². The molecule has 1 aromatic rings. The molecule has 1 aromatic carbocycles. The molecule has 0 aliphatic carbocycles. The summed E-state index contributed by atoms with van der Waals surface area (Å²) in [6.07, 6.45) is 0.823. The van der Waals surface area contributed by atoms with Crippen LogP contribution in [0.2, 0.25) is 5.02 Å². The van der Waals surface area contributed by atoms with Gasteiger partial charge in [0.2, 0.25) is 5.91 Å². The number of amides is 1. The standard InChI is InChI=1S/C13H19ClN2O/c1-5-9(2)13(17)15-11-8-10(14)6-7-12(11)16(3)4/h6-9H,5H2,1-4H3,(H,15,17). The van der Waals surface area contributed by atoms with Crippen LogP contribution in [0, 0.1) is 5.92 Å². The minimum absolute atomic E-state index is 0.00370. The van der Waals surface area contributed by atoms with Crippen LogP contribution in [0.25, 0.3) is 0 Å². The smallest absolute Gasteiger partial charge is 0.227 e. The predicted octanol–water partition coefficient (Wildman–Crippen LogP) is 3.39. The van der Waals surface area contributed by atoms with Crippen LogP contribution in [-0.2, 0) is 4.79 Å². The van der Waals surface area contributed by atoms with Crippen molar-refractivity contribution in [3.8, 4) is 0 Å². The van der Waals surface area contributed by atoms with Gasteiger partial charge in [-0.2, -0.15) is 0 Å². The number of nitrogens with zero attached hydrogens (tertiary/aromatic N) is 1. The van der Waals surface area contributed by atoms with Crippen LogP contribution in [0.5, 0.6) is 0 Å². The van der Waals surface area contributed by atoms with Crippen LogP contribution in [0.15, 0.2) is 18.2 Å². The van der Waals surface area contributed by atoms with E-state index in [4.69, 9.17) is 11.6 Å². The van der Waals surface area contributed by atoms with Gasteiger partial charge in [-0.1, -0.05) is 25.4 Å². The number of halogens is 1. The normalized spacial score (nSPS) is 12.1. The van der Waals surface area contributed by atoms with Crippen molar-refractivity contribution >= 4 is 28.9 Å². The number of hydrogen-bond donors (Lipinski definition) is 1. The molecule has 0 radical (unpaired) electrons. The zero-order valence-corrected chi connectivity index (χ0v) is 11.5. The molecule has 1 unspecified atom stereocenters. The Labute approximate surface area is 108 Å². The molecule has 1 amide bonds. The fourth-order valence-electron chi connectivity index (χ4n) is 1.44. The number of benzene rings is 1. The van der Waals surface area contributed by atoms with Gasteiger partial charge >= 0.3 is 0 Å². The van der Waals surface area contributed by atoms with Gasteiger partial charge in [-0.3, -0.25) is 4.79 Å². The van der Waals surface area contributed by atoms with E-state index in [2.05, 4.69) is 5.32 Å². The summed E-state index contributed by atoms with van der Waals surface area (Å²) in [6.45, 7) is 3.91. The van der Waals surface area contributed by atoms with Crippen molar-refractivity contribution in [1.29, 1.82) is 0 Å². The summed E-state index contributed by atoms with van der Waals surface area (Å²) in [7, 11) is 3.87. The largest absolute Gasteiger partial charge is 0.376 e. The highest BCUT2D eigenvalue weighted by Gasteiger charge is 2.13. The van der Waals surface area contributed by atoms with Gasteiger partial charge in [-0.05, 0) is 24.6 Å². The number of carbonyl (C=O) groups excluding carboxylic acids is 1. The monoisotopic (exact) mass is 254 g/mol. The summed E-state index contributed by atoms with van der Waals surface area (Å²) in [6, 6.07) is 5.49. The number of nitrogens with one attached hydrogen (secondary N) is 1. The van der Waals surface area contributed by atoms with Crippen LogP contribution < -0.4 is 10.2 Å². The molecule has 1 N–H and O–H groups in total. The Morgan fingerprint density at radius 2 is 2.12 bits per heavy atom. The first-order valence-electron chi connectivity index (χ1n) is 5.73. The summed E-state index contributed by atoms with van der Waals surface area (Å²) in [5, 5.41) is 3.54. The van der Waals surface area contributed by atoms with E-state index >= 15 is 0 Å². The summed E-state index contributed by atoms with van der Waals surface area (Å²) in [5.41, 5.74) is 1.71. The van der Waals surface area contributed by atoms with E-state index < -0.39 is 0 Å². The molecular weight excluding hydrogens is 236 g/mol. The van der Waals surface area contributed by atoms with Gasteiger partial charge in [0.15, 0.2) is 0 Å². The lowest BCUT2D eigenvalue weighted by Gasteiger charge is -2.19. The number of anilines is 2. The van der Waals surface area contributed by atoms with Crippen molar-refractivity contribution in [2.75, 3.05) is 24.3 Å². The lowest BCUT2D eigenvalue weighted by Crippen LogP contribution is -2.21. The quantitative estimate of drug-likeness (QED) is 0.893. The lowest BCUT2D eigenvalue weighted by atomic mass is 10.1. The van der Waals surface area contributed by atoms with Gasteiger partial charge in [-0.15, -0.1) is 0 Å². The Bertz CT molecular complexity index is 404. The molecule has 4 heteroatoms. The van der Waals surface area contributed by atoms with E-state index in [9.17, 15) is 4.79 Å². The molecule has 0 spiro atoms. The van der Waals surface area contributed by atoms with Crippen LogP contribution in [0.1, 0.15) is 20.3 Å². The molecular formula is C13H19ClN2O. The van der Waals surface area contributed by atoms with Crippen molar-refractivity contribution in [3.05, 3.63) is 23.2 Å². The zero-order chi connectivity index (χ0) is 13.0. The van der Waals surface area contributed by atoms with E-state index in [1.807, 2.05) is 45.0 Å². The van der Waals surface area contributed by atoms with E-state index in [-0.39, 0.29) is 11.8 Å². The zero-order valence-electron chi connectivity index (χ0n) is 10.7. The molecule has 0 heterocycles. The minimum atomic E-state index is 0.00370. The molecule has 0 aromatic heterocycles. The van der Waals surface area contributed by atoms with E-state index in [0.717, 1.165) is 17.8 Å². The van der Waals surface area contributed by atoms with Gasteiger partial charge in [-0.25, -0.2) is 0 Å². The third-order valence-corrected chi connectivity index (χ3v) is 2.99. The molecule has 94 valence electrons. The first kappa shape index (κ1) is 13.8. The Morgan fingerprint density at radius 3 is 2.65 bits per heavy atom. The molecule has 17 heavy (non-hydrogen) atoms. The van der Waals surface area contributed by atoms with Gasteiger partial charge in [0.05, 0.1) is 11.4 Å². The number of rotatable bonds is 4. The Hall–Kier alpha value is -1.22. The van der Waals surface area contributed by atoms with Crippen molar-refractivity contribution in [3.63, 3.8) is 0 Å². The van der Waals surface area contributed by atoms with Gasteiger partial charge in [0, 0.05) is 25.0 Å². The number of carbonyl (C=O) groups is 1. The van der Waals surface area contributed by atoms with Crippen LogP contribution in [0.3, 0.4) is 0 Å². The van der Waals surface area contributed by atoms with E-state index in [1.165, 1.54) is 0 Å². The summed E-state index contributed by atoms with van der Waals surface area (Å²) >= 11 is 5.95. The Kier molecular flexibility index (Phi) is 4.82. The molecule has 0 aliphatic heterocycles. The Morgan fingerprint density at radius 1 is 1.47 bits per heavy atom. The van der Waals surface area contributed by atoms with Crippen molar-refractivity contribution in [2.24, 2.45) is 5.92 Å². The van der Waals surface area contributed by atoms with Gasteiger partial charge in [0.1, 0.15) is 0 Å². The fraction of sp³-hybridized carbons (Fsp3) is 0.462. The molecule has 3 nitrogen and oxygen atoms in total. The second-order valence-corrected chi connectivity index (χ2v) is 4.79. The molecule has 0 saturated heterocycles. The molecule has 0 aliphatic rings. The second kappa shape index (κ2) is 5.92. The molecule has 0 fully saturated rings. The van der Waals surface area contributed by atoms with Crippen LogP contribution >= 0.6 is 11.6 Å². The maximum atomic E-state index is 11.9. The average Bonchev–Trinajstić information content (AvgIpc) is 2.27. The first-order valence-corrected chi connectivity index (χ1v) is 6.11. The maximum absolute atomic E-state index is 11.9. The molecule has 0 saturated carbocycles. The van der Waals surface area contributed by atoms with Gasteiger partial charge < -0.3 is 10.2 Å². The predicted molar refractivity (Wildman–Crippen MR) is 73.9 cm³/mol. The first-order chi connectivity index (χ1) is 7.95. The van der Waals surface area contributed by atoms with Gasteiger partial charge in [0.25, 0.3) is 0 Å². The van der Waals surface area contributed by atoms with E-state index in [0.29, 0.717) is 5.02 Å². The maximum Gasteiger partial charge on any atom is 0.227 e. The van der Waals surface area contributed by atoms with Crippen LogP contribution in [-0.4, -0.2) is 20.0 Å². The molecule has 0 bridgehead atoms. The SMILES string of the molecule is CCC(C)C(=O)Nc1cc(Cl)ccc1N(C)C. The lowest BCUT2D eigenvalue weighted by molar-refractivity contribution is -0.119. The van der Waals surface area contributed by atoms with Crippen molar-refractivity contribution < 1.29 is 4.79 Å². The minimum Gasteiger partial charge on any atom is -0.376 e. The summed E-state index contributed by atoms with van der Waals surface area (Å²) < 4.78 is 0. The van der Waals surface area contributed by atoms with Crippen molar-refractivity contribution in [2.45, 2.75) is 20.3 Å². The Balaban J connectivity index is 2.96. The fourth-order valence-corrected chi connectivity index (χ4v) is 1.61.